The fourth-order valence-electron chi connectivity index (χ4n) is 3.60. The van der Waals surface area contributed by atoms with Crippen LogP contribution in [-0.2, 0) is 11.3 Å². The predicted molar refractivity (Wildman–Crippen MR) is 92.1 cm³/mol. The molecule has 0 N–H and O–H groups in total. The van der Waals surface area contributed by atoms with Crippen LogP contribution in [0.25, 0.3) is 0 Å². The average molecular weight is 373 g/mol. The van der Waals surface area contributed by atoms with Crippen LogP contribution in [0.15, 0.2) is 18.2 Å². The molecule has 0 heterocycles. The van der Waals surface area contributed by atoms with Crippen molar-refractivity contribution in [3.8, 4) is 11.5 Å². The van der Waals surface area contributed by atoms with Crippen LogP contribution in [0, 0.1) is 11.8 Å². The summed E-state index contributed by atoms with van der Waals surface area (Å²) in [6.45, 7) is 2.38. The summed E-state index contributed by atoms with van der Waals surface area (Å²) in [5.41, 5.74) is 0.789. The molecule has 0 radical (unpaired) electrons. The van der Waals surface area contributed by atoms with E-state index in [1.165, 1.54) is 19.1 Å². The number of amides is 1. The summed E-state index contributed by atoms with van der Waals surface area (Å²) in [6.07, 6.45) is -2.81. The summed E-state index contributed by atoms with van der Waals surface area (Å²) in [7, 11) is 3.04. The van der Waals surface area contributed by atoms with Crippen LogP contribution in [0.3, 0.4) is 0 Å². The van der Waals surface area contributed by atoms with E-state index in [1.807, 2.05) is 0 Å². The summed E-state index contributed by atoms with van der Waals surface area (Å²) < 4.78 is 50.4. The van der Waals surface area contributed by atoms with E-state index in [2.05, 4.69) is 0 Å². The molecule has 0 bridgehead atoms. The van der Waals surface area contributed by atoms with Crippen LogP contribution in [-0.4, -0.2) is 37.7 Å². The Labute approximate surface area is 152 Å². The highest BCUT2D eigenvalue weighted by Crippen LogP contribution is 2.42. The molecule has 0 aromatic heterocycles. The van der Waals surface area contributed by atoms with E-state index in [-0.39, 0.29) is 13.0 Å². The molecule has 7 heteroatoms. The number of ether oxygens (including phenoxy) is 2. The Morgan fingerprint density at radius 2 is 1.81 bits per heavy atom. The van der Waals surface area contributed by atoms with Crippen molar-refractivity contribution in [3.05, 3.63) is 23.8 Å². The van der Waals surface area contributed by atoms with Gasteiger partial charge in [-0.25, -0.2) is 0 Å². The van der Waals surface area contributed by atoms with Crippen molar-refractivity contribution in [2.75, 3.05) is 20.8 Å². The highest BCUT2D eigenvalue weighted by Gasteiger charge is 2.48. The molecule has 1 aliphatic carbocycles. The lowest BCUT2D eigenvalue weighted by Gasteiger charge is -2.35. The van der Waals surface area contributed by atoms with Crippen LogP contribution in [0.5, 0.6) is 11.5 Å². The SMILES string of the molecule is CCN(Cc1ccc(OC)c(OC)c1)C(=O)C1CCCCC1C(F)(F)F. The number of hydrogen-bond donors (Lipinski definition) is 0. The lowest BCUT2D eigenvalue weighted by Crippen LogP contribution is -2.44. The molecular formula is C19H26F3NO3. The van der Waals surface area contributed by atoms with Gasteiger partial charge in [0.15, 0.2) is 11.5 Å². The maximum Gasteiger partial charge on any atom is 0.392 e. The summed E-state index contributed by atoms with van der Waals surface area (Å²) in [6, 6.07) is 5.27. The van der Waals surface area contributed by atoms with Gasteiger partial charge in [-0.2, -0.15) is 13.2 Å². The minimum Gasteiger partial charge on any atom is -0.493 e. The quantitative estimate of drug-likeness (QED) is 0.741. The summed E-state index contributed by atoms with van der Waals surface area (Å²) in [5.74, 6) is -1.84. The van der Waals surface area contributed by atoms with Crippen LogP contribution < -0.4 is 9.47 Å². The molecule has 2 unspecified atom stereocenters. The third-order valence-electron chi connectivity index (χ3n) is 5.02. The van der Waals surface area contributed by atoms with Gasteiger partial charge in [0.2, 0.25) is 5.91 Å². The number of carbonyl (C=O) groups is 1. The van der Waals surface area contributed by atoms with E-state index in [1.54, 1.807) is 25.1 Å². The van der Waals surface area contributed by atoms with Gasteiger partial charge < -0.3 is 14.4 Å². The van der Waals surface area contributed by atoms with Crippen molar-refractivity contribution in [1.82, 2.24) is 4.90 Å². The van der Waals surface area contributed by atoms with E-state index in [9.17, 15) is 18.0 Å². The Balaban J connectivity index is 2.18. The third kappa shape index (κ3) is 4.62. The molecule has 1 aromatic rings. The number of rotatable bonds is 6. The minimum absolute atomic E-state index is 0.0355. The zero-order valence-electron chi connectivity index (χ0n) is 15.4. The maximum atomic E-state index is 13.3. The summed E-state index contributed by atoms with van der Waals surface area (Å²) in [5, 5.41) is 0. The molecule has 26 heavy (non-hydrogen) atoms. The van der Waals surface area contributed by atoms with Crippen LogP contribution >= 0.6 is 0 Å². The molecule has 0 spiro atoms. The van der Waals surface area contributed by atoms with Crippen molar-refractivity contribution in [1.29, 1.82) is 0 Å². The van der Waals surface area contributed by atoms with Gasteiger partial charge in [0.05, 0.1) is 20.1 Å². The summed E-state index contributed by atoms with van der Waals surface area (Å²) >= 11 is 0. The number of halogens is 3. The second-order valence-electron chi connectivity index (χ2n) is 6.58. The van der Waals surface area contributed by atoms with Gasteiger partial charge in [-0.05, 0) is 37.5 Å². The molecule has 0 saturated heterocycles. The number of benzene rings is 1. The Kier molecular flexibility index (Phi) is 6.78. The lowest BCUT2D eigenvalue weighted by molar-refractivity contribution is -0.201. The molecule has 1 saturated carbocycles. The summed E-state index contributed by atoms with van der Waals surface area (Å²) in [4.78, 5) is 14.3. The predicted octanol–water partition coefficient (Wildman–Crippen LogP) is 4.42. The number of nitrogens with zero attached hydrogens (tertiary/aromatic N) is 1. The number of carbonyl (C=O) groups excluding carboxylic acids is 1. The maximum absolute atomic E-state index is 13.3. The first-order chi connectivity index (χ1) is 12.3. The third-order valence-corrected chi connectivity index (χ3v) is 5.02. The first-order valence-corrected chi connectivity index (χ1v) is 8.88. The Morgan fingerprint density at radius 3 is 2.38 bits per heavy atom. The normalized spacial score (nSPS) is 20.5. The fraction of sp³-hybridized carbons (Fsp3) is 0.632. The standard InChI is InChI=1S/C19H26F3NO3/c1-4-23(12-13-9-10-16(25-2)17(11-13)26-3)18(24)14-7-5-6-8-15(14)19(20,21)22/h9-11,14-15H,4-8,12H2,1-3H3. The van der Waals surface area contributed by atoms with Crippen molar-refractivity contribution < 1.29 is 27.4 Å². The van der Waals surface area contributed by atoms with Gasteiger partial charge in [-0.3, -0.25) is 4.79 Å². The van der Waals surface area contributed by atoms with Crippen LogP contribution in [0.2, 0.25) is 0 Å². The van der Waals surface area contributed by atoms with E-state index in [4.69, 9.17) is 9.47 Å². The largest absolute Gasteiger partial charge is 0.493 e. The highest BCUT2D eigenvalue weighted by molar-refractivity contribution is 5.79. The molecule has 0 aliphatic heterocycles. The number of methoxy groups -OCH3 is 2. The smallest absolute Gasteiger partial charge is 0.392 e. The molecule has 2 atom stereocenters. The molecule has 1 aromatic carbocycles. The highest BCUT2D eigenvalue weighted by atomic mass is 19.4. The fourth-order valence-corrected chi connectivity index (χ4v) is 3.60. The number of hydrogen-bond acceptors (Lipinski definition) is 3. The average Bonchev–Trinajstić information content (AvgIpc) is 2.64. The molecule has 1 fully saturated rings. The van der Waals surface area contributed by atoms with Gasteiger partial charge in [0.1, 0.15) is 0 Å². The van der Waals surface area contributed by atoms with Gasteiger partial charge >= 0.3 is 6.18 Å². The van der Waals surface area contributed by atoms with Gasteiger partial charge in [0, 0.05) is 19.0 Å². The van der Waals surface area contributed by atoms with Gasteiger partial charge in [-0.1, -0.05) is 18.9 Å². The molecule has 1 amide bonds. The zero-order valence-corrected chi connectivity index (χ0v) is 15.4. The van der Waals surface area contributed by atoms with Crippen LogP contribution in [0.1, 0.15) is 38.2 Å². The Morgan fingerprint density at radius 1 is 1.15 bits per heavy atom. The molecule has 4 nitrogen and oxygen atoms in total. The van der Waals surface area contributed by atoms with Crippen molar-refractivity contribution in [2.45, 2.75) is 45.3 Å². The molecular weight excluding hydrogens is 347 g/mol. The van der Waals surface area contributed by atoms with Crippen molar-refractivity contribution >= 4 is 5.91 Å². The monoisotopic (exact) mass is 373 g/mol. The molecule has 2 rings (SSSR count). The topological polar surface area (TPSA) is 38.8 Å². The van der Waals surface area contributed by atoms with Crippen LogP contribution in [0.4, 0.5) is 13.2 Å². The van der Waals surface area contributed by atoms with E-state index < -0.39 is 23.9 Å². The number of alkyl halides is 3. The molecule has 146 valence electrons. The second kappa shape index (κ2) is 8.64. The second-order valence-corrected chi connectivity index (χ2v) is 6.58. The lowest BCUT2D eigenvalue weighted by atomic mass is 9.78. The molecule has 1 aliphatic rings. The van der Waals surface area contributed by atoms with Gasteiger partial charge in [-0.15, -0.1) is 0 Å². The zero-order chi connectivity index (χ0) is 19.3. The minimum atomic E-state index is -4.33. The first-order valence-electron chi connectivity index (χ1n) is 8.88. The van der Waals surface area contributed by atoms with E-state index in [0.29, 0.717) is 37.3 Å². The Bertz CT molecular complexity index is 619. The first kappa shape index (κ1) is 20.4. The van der Waals surface area contributed by atoms with Crippen molar-refractivity contribution in [2.24, 2.45) is 11.8 Å². The van der Waals surface area contributed by atoms with Crippen molar-refractivity contribution in [3.63, 3.8) is 0 Å². The Hall–Kier alpha value is -1.92. The van der Waals surface area contributed by atoms with Gasteiger partial charge in [0.25, 0.3) is 0 Å². The van der Waals surface area contributed by atoms with E-state index >= 15 is 0 Å². The van der Waals surface area contributed by atoms with E-state index in [0.717, 1.165) is 5.56 Å².